The van der Waals surface area contributed by atoms with Crippen molar-refractivity contribution in [3.8, 4) is 0 Å². The summed E-state index contributed by atoms with van der Waals surface area (Å²) in [6, 6.07) is -1.64. The van der Waals surface area contributed by atoms with E-state index in [1.165, 1.54) is 0 Å². The Kier molecular flexibility index (Phi) is 13.6. The Morgan fingerprint density at radius 3 is 2.46 bits per heavy atom. The summed E-state index contributed by atoms with van der Waals surface area (Å²) in [5, 5.41) is 14.6. The number of thiol groups is 1. The van der Waals surface area contributed by atoms with Gasteiger partial charge in [-0.2, -0.15) is 12.6 Å². The smallest absolute Gasteiger partial charge is 0.326 e. The number of nitrogens with one attached hydrogen (secondary N) is 2. The molecule has 1 aliphatic heterocycles. The van der Waals surface area contributed by atoms with Crippen molar-refractivity contribution >= 4 is 42.8 Å². The maximum atomic E-state index is 12.5. The van der Waals surface area contributed by atoms with Crippen molar-refractivity contribution in [3.05, 3.63) is 0 Å². The van der Waals surface area contributed by atoms with Gasteiger partial charge >= 0.3 is 5.97 Å². The third-order valence-corrected chi connectivity index (χ3v) is 5.02. The predicted molar refractivity (Wildman–Crippen MR) is 107 cm³/mol. The Labute approximate surface area is 167 Å². The van der Waals surface area contributed by atoms with Gasteiger partial charge in [0.2, 0.25) is 11.8 Å². The zero-order valence-corrected chi connectivity index (χ0v) is 16.8. The van der Waals surface area contributed by atoms with E-state index in [0.717, 1.165) is 32.1 Å². The molecular weight excluding hydrogens is 378 g/mol. The second-order valence-electron chi connectivity index (χ2n) is 6.62. The number of hydrogen-bond donors (Lipinski definition) is 5. The van der Waals surface area contributed by atoms with Crippen LogP contribution in [-0.2, 0) is 14.4 Å². The summed E-state index contributed by atoms with van der Waals surface area (Å²) < 4.78 is 0. The standard InChI is InChI=1S/C17H31N3O4S.ClH/c18-10-6-5-9-14(17(23)24)20-16(22)13-8-4-2-1-3-7-12(11-25)15(21)19-13;/h12-14,25H,1-11,18H2,(H,19,21)(H,20,22)(H,23,24);1H/t12-,13-,14+;/m1./s1. The zero-order valence-electron chi connectivity index (χ0n) is 15.1. The average molecular weight is 410 g/mol. The van der Waals surface area contributed by atoms with Gasteiger partial charge in [0, 0.05) is 11.7 Å². The van der Waals surface area contributed by atoms with Gasteiger partial charge in [-0.25, -0.2) is 4.79 Å². The molecular formula is C17H32ClN3O4S. The second kappa shape index (κ2) is 14.1. The molecule has 0 spiro atoms. The number of amides is 2. The van der Waals surface area contributed by atoms with E-state index in [2.05, 4.69) is 23.3 Å². The topological polar surface area (TPSA) is 122 Å². The normalized spacial score (nSPS) is 22.5. The van der Waals surface area contributed by atoms with Crippen molar-refractivity contribution in [2.45, 2.75) is 69.9 Å². The lowest BCUT2D eigenvalue weighted by atomic mass is 9.97. The molecule has 3 atom stereocenters. The highest BCUT2D eigenvalue weighted by Gasteiger charge is 2.28. The quantitative estimate of drug-likeness (QED) is 0.307. The number of aliphatic carboxylic acids is 1. The fraction of sp³-hybridized carbons (Fsp3) is 0.824. The first-order chi connectivity index (χ1) is 12.0. The first-order valence-corrected chi connectivity index (χ1v) is 9.77. The van der Waals surface area contributed by atoms with Crippen LogP contribution in [0.15, 0.2) is 0 Å². The van der Waals surface area contributed by atoms with Gasteiger partial charge in [-0.3, -0.25) is 9.59 Å². The Bertz CT molecular complexity index is 454. The SMILES string of the molecule is Cl.NCCCC[C@H](NC(=O)[C@H]1CCCCCC[C@H](CS)C(=O)N1)C(=O)O. The molecule has 5 N–H and O–H groups in total. The molecule has 1 aliphatic rings. The lowest BCUT2D eigenvalue weighted by molar-refractivity contribution is -0.142. The minimum absolute atomic E-state index is 0. The maximum Gasteiger partial charge on any atom is 0.326 e. The van der Waals surface area contributed by atoms with Crippen LogP contribution < -0.4 is 16.4 Å². The van der Waals surface area contributed by atoms with Gasteiger partial charge in [0.25, 0.3) is 0 Å². The molecule has 152 valence electrons. The fourth-order valence-electron chi connectivity index (χ4n) is 2.98. The van der Waals surface area contributed by atoms with Crippen LogP contribution in [0.25, 0.3) is 0 Å². The molecule has 0 aromatic carbocycles. The van der Waals surface area contributed by atoms with Gasteiger partial charge < -0.3 is 21.5 Å². The lowest BCUT2D eigenvalue weighted by Gasteiger charge is -2.24. The van der Waals surface area contributed by atoms with Crippen molar-refractivity contribution in [1.82, 2.24) is 10.6 Å². The molecule has 7 nitrogen and oxygen atoms in total. The van der Waals surface area contributed by atoms with Crippen molar-refractivity contribution in [1.29, 1.82) is 0 Å². The van der Waals surface area contributed by atoms with Gasteiger partial charge in [-0.1, -0.05) is 25.7 Å². The van der Waals surface area contributed by atoms with E-state index < -0.39 is 24.0 Å². The summed E-state index contributed by atoms with van der Waals surface area (Å²) in [4.78, 5) is 36.2. The maximum absolute atomic E-state index is 12.5. The molecule has 9 heteroatoms. The molecule has 0 aliphatic carbocycles. The van der Waals surface area contributed by atoms with E-state index in [-0.39, 0.29) is 24.2 Å². The highest BCUT2D eigenvalue weighted by Crippen LogP contribution is 2.17. The number of carbonyl (C=O) groups excluding carboxylic acids is 2. The lowest BCUT2D eigenvalue weighted by Crippen LogP contribution is -2.52. The Balaban J connectivity index is 0.00000625. The molecule has 1 rings (SSSR count). The van der Waals surface area contributed by atoms with Gasteiger partial charge in [0.1, 0.15) is 12.1 Å². The molecule has 1 heterocycles. The fourth-order valence-corrected chi connectivity index (χ4v) is 3.33. The van der Waals surface area contributed by atoms with Crippen LogP contribution in [-0.4, -0.2) is 47.3 Å². The molecule has 1 fully saturated rings. The second-order valence-corrected chi connectivity index (χ2v) is 6.98. The van der Waals surface area contributed by atoms with Crippen LogP contribution >= 0.6 is 25.0 Å². The molecule has 26 heavy (non-hydrogen) atoms. The summed E-state index contributed by atoms with van der Waals surface area (Å²) in [7, 11) is 0. The number of hydrogen-bond acceptors (Lipinski definition) is 5. The predicted octanol–water partition coefficient (Wildman–Crippen LogP) is 1.49. The molecule has 0 unspecified atom stereocenters. The summed E-state index contributed by atoms with van der Waals surface area (Å²) in [5.41, 5.74) is 5.42. The highest BCUT2D eigenvalue weighted by molar-refractivity contribution is 7.80. The number of carboxylic acid groups (broad SMARTS) is 1. The number of rotatable bonds is 8. The number of nitrogens with two attached hydrogens (primary N) is 1. The first kappa shape index (κ1) is 25.0. The van der Waals surface area contributed by atoms with E-state index in [1.807, 2.05) is 0 Å². The third-order valence-electron chi connectivity index (χ3n) is 4.58. The van der Waals surface area contributed by atoms with Gasteiger partial charge in [-0.15, -0.1) is 12.4 Å². The molecule has 1 saturated heterocycles. The van der Waals surface area contributed by atoms with Crippen LogP contribution in [0.2, 0.25) is 0 Å². The van der Waals surface area contributed by atoms with E-state index in [0.29, 0.717) is 38.0 Å². The van der Waals surface area contributed by atoms with Gasteiger partial charge in [0.05, 0.1) is 0 Å². The average Bonchev–Trinajstić information content (AvgIpc) is 2.58. The van der Waals surface area contributed by atoms with Crippen LogP contribution in [0.1, 0.15) is 57.8 Å². The van der Waals surface area contributed by atoms with Crippen molar-refractivity contribution < 1.29 is 19.5 Å². The molecule has 0 radical (unpaired) electrons. The van der Waals surface area contributed by atoms with E-state index in [1.54, 1.807) is 0 Å². The molecule has 0 bridgehead atoms. The van der Waals surface area contributed by atoms with Crippen molar-refractivity contribution in [2.75, 3.05) is 12.3 Å². The first-order valence-electron chi connectivity index (χ1n) is 9.14. The summed E-state index contributed by atoms with van der Waals surface area (Å²) in [6.45, 7) is 0.490. The molecule has 2 amide bonds. The highest BCUT2D eigenvalue weighted by atomic mass is 35.5. The number of carboxylic acids is 1. The van der Waals surface area contributed by atoms with E-state index in [9.17, 15) is 19.5 Å². The van der Waals surface area contributed by atoms with Crippen LogP contribution in [0.4, 0.5) is 0 Å². The number of carbonyl (C=O) groups is 3. The monoisotopic (exact) mass is 409 g/mol. The van der Waals surface area contributed by atoms with Gasteiger partial charge in [0.15, 0.2) is 0 Å². The zero-order chi connectivity index (χ0) is 18.7. The van der Waals surface area contributed by atoms with Crippen LogP contribution in [0, 0.1) is 5.92 Å². The van der Waals surface area contributed by atoms with E-state index in [4.69, 9.17) is 5.73 Å². The minimum atomic E-state index is -1.07. The Morgan fingerprint density at radius 1 is 1.23 bits per heavy atom. The summed E-state index contributed by atoms with van der Waals surface area (Å²) in [5.74, 6) is -1.43. The third kappa shape index (κ3) is 9.09. The van der Waals surface area contributed by atoms with Crippen LogP contribution in [0.5, 0.6) is 0 Å². The molecule has 0 aromatic rings. The largest absolute Gasteiger partial charge is 0.480 e. The Hall–Kier alpha value is -0.990. The van der Waals surface area contributed by atoms with Crippen LogP contribution in [0.3, 0.4) is 0 Å². The Morgan fingerprint density at radius 2 is 1.88 bits per heavy atom. The van der Waals surface area contributed by atoms with Gasteiger partial charge in [-0.05, 0) is 38.6 Å². The van der Waals surface area contributed by atoms with Crippen molar-refractivity contribution in [3.63, 3.8) is 0 Å². The molecule has 0 saturated carbocycles. The summed E-state index contributed by atoms with van der Waals surface area (Å²) >= 11 is 4.23. The van der Waals surface area contributed by atoms with E-state index >= 15 is 0 Å². The molecule has 0 aromatic heterocycles. The minimum Gasteiger partial charge on any atom is -0.480 e. The number of halogens is 1. The van der Waals surface area contributed by atoms with Crippen molar-refractivity contribution in [2.24, 2.45) is 11.7 Å². The number of unbranched alkanes of at least 4 members (excludes halogenated alkanes) is 1. The summed E-state index contributed by atoms with van der Waals surface area (Å²) in [6.07, 6.45) is 6.80.